The lowest BCUT2D eigenvalue weighted by Gasteiger charge is -2.29. The van der Waals surface area contributed by atoms with Crippen molar-refractivity contribution in [3.05, 3.63) is 41.7 Å². The molecule has 2 aromatic carbocycles. The first kappa shape index (κ1) is 17.1. The topological polar surface area (TPSA) is 58.2 Å². The van der Waals surface area contributed by atoms with E-state index in [1.165, 1.54) is 0 Å². The van der Waals surface area contributed by atoms with Crippen LogP contribution < -0.4 is 0 Å². The van der Waals surface area contributed by atoms with E-state index in [1.807, 2.05) is 49.9 Å². The maximum atomic E-state index is 12.8. The second-order valence-corrected chi connectivity index (χ2v) is 8.87. The van der Waals surface area contributed by atoms with Gasteiger partial charge in [0.2, 0.25) is 0 Å². The second-order valence-electron chi connectivity index (χ2n) is 8.87. The van der Waals surface area contributed by atoms with Gasteiger partial charge in [0.1, 0.15) is 11.4 Å². The molecule has 0 bridgehead atoms. The highest BCUT2D eigenvalue weighted by Gasteiger charge is 2.56. The van der Waals surface area contributed by atoms with Crippen LogP contribution >= 0.6 is 0 Å². The standard InChI is InChI=1S/C23H23N3O2/c1-5-13-6-8-16-14(10-13)7-9-17-20(16)25-21(24-17)19-12-15-11-18(15)26(19)22(27)28-23(2,3)4/h1,6-10,15,18-19H,11-12H2,2-4H3,(H,24,25)/t15-,18-,19+/m1/s1. The molecule has 2 fully saturated rings. The molecule has 5 nitrogen and oxygen atoms in total. The number of aromatic amines is 1. The Morgan fingerprint density at radius 2 is 2.11 bits per heavy atom. The Bertz CT molecular complexity index is 1150. The van der Waals surface area contributed by atoms with Gasteiger partial charge in [-0.15, -0.1) is 6.42 Å². The summed E-state index contributed by atoms with van der Waals surface area (Å²) in [6.07, 6.45) is 7.28. The number of rotatable bonds is 1. The highest BCUT2D eigenvalue weighted by Crippen LogP contribution is 2.53. The van der Waals surface area contributed by atoms with Crippen LogP contribution in [0.5, 0.6) is 0 Å². The zero-order chi connectivity index (χ0) is 19.6. The molecule has 142 valence electrons. The highest BCUT2D eigenvalue weighted by molar-refractivity contribution is 6.04. The van der Waals surface area contributed by atoms with Gasteiger partial charge in [0, 0.05) is 17.0 Å². The number of imidazole rings is 1. The van der Waals surface area contributed by atoms with Gasteiger partial charge < -0.3 is 9.72 Å². The molecule has 5 rings (SSSR count). The molecule has 1 aromatic heterocycles. The molecular weight excluding hydrogens is 350 g/mol. The Hall–Kier alpha value is -3.00. The number of benzene rings is 2. The average molecular weight is 373 g/mol. The van der Waals surface area contributed by atoms with E-state index in [-0.39, 0.29) is 18.2 Å². The van der Waals surface area contributed by atoms with E-state index in [4.69, 9.17) is 16.1 Å². The van der Waals surface area contributed by atoms with Gasteiger partial charge in [-0.1, -0.05) is 18.1 Å². The number of hydrogen-bond acceptors (Lipinski definition) is 3. The number of amides is 1. The van der Waals surface area contributed by atoms with E-state index in [2.05, 4.69) is 17.0 Å². The minimum atomic E-state index is -0.507. The third-order valence-corrected chi connectivity index (χ3v) is 5.68. The SMILES string of the molecule is C#Cc1ccc2c(ccc3[nH]c([C@@H]4C[C@H]5C[C@H]5N4C(=O)OC(C)(C)C)nc32)c1. The van der Waals surface area contributed by atoms with Crippen molar-refractivity contribution in [1.29, 1.82) is 0 Å². The Morgan fingerprint density at radius 3 is 2.86 bits per heavy atom. The lowest BCUT2D eigenvalue weighted by Crippen LogP contribution is -2.38. The molecule has 3 atom stereocenters. The van der Waals surface area contributed by atoms with Crippen molar-refractivity contribution in [3.63, 3.8) is 0 Å². The smallest absolute Gasteiger partial charge is 0.411 e. The molecule has 3 aromatic rings. The minimum absolute atomic E-state index is 0.0639. The van der Waals surface area contributed by atoms with Crippen molar-refractivity contribution in [2.24, 2.45) is 5.92 Å². The number of aromatic nitrogens is 2. The first-order valence-electron chi connectivity index (χ1n) is 9.74. The summed E-state index contributed by atoms with van der Waals surface area (Å²) in [4.78, 5) is 23.1. The molecule has 0 unspecified atom stereocenters. The number of terminal acetylenes is 1. The van der Waals surface area contributed by atoms with Gasteiger partial charge in [0.05, 0.1) is 17.1 Å². The number of carbonyl (C=O) groups excluding carboxylic acids is 1. The van der Waals surface area contributed by atoms with Gasteiger partial charge in [-0.05, 0) is 63.1 Å². The van der Waals surface area contributed by atoms with Gasteiger partial charge >= 0.3 is 6.09 Å². The van der Waals surface area contributed by atoms with Crippen molar-refractivity contribution in [2.45, 2.75) is 51.3 Å². The predicted octanol–water partition coefficient (Wildman–Crippen LogP) is 4.77. The number of nitrogens with zero attached hydrogens (tertiary/aromatic N) is 2. The summed E-state index contributed by atoms with van der Waals surface area (Å²) in [5.41, 5.74) is 2.24. The average Bonchev–Trinajstić information content (AvgIpc) is 3.11. The van der Waals surface area contributed by atoms with Gasteiger partial charge in [-0.3, -0.25) is 4.90 Å². The minimum Gasteiger partial charge on any atom is -0.444 e. The summed E-state index contributed by atoms with van der Waals surface area (Å²) in [5.74, 6) is 4.07. The van der Waals surface area contributed by atoms with Crippen LogP contribution in [-0.4, -0.2) is 32.6 Å². The lowest BCUT2D eigenvalue weighted by molar-refractivity contribution is 0.0175. The largest absolute Gasteiger partial charge is 0.444 e. The van der Waals surface area contributed by atoms with Crippen molar-refractivity contribution in [2.75, 3.05) is 0 Å². The number of ether oxygens (including phenoxy) is 1. The third-order valence-electron chi connectivity index (χ3n) is 5.68. The van der Waals surface area contributed by atoms with E-state index in [1.54, 1.807) is 0 Å². The summed E-state index contributed by atoms with van der Waals surface area (Å²) in [6.45, 7) is 5.70. The third kappa shape index (κ3) is 2.72. The quantitative estimate of drug-likeness (QED) is 0.625. The monoisotopic (exact) mass is 373 g/mol. The van der Waals surface area contributed by atoms with Crippen LogP contribution in [0.1, 0.15) is 51.0 Å². The molecule has 2 heterocycles. The molecule has 1 N–H and O–H groups in total. The normalized spacial score (nSPS) is 23.6. The number of nitrogens with one attached hydrogen (secondary N) is 1. The summed E-state index contributed by atoms with van der Waals surface area (Å²) < 4.78 is 5.67. The summed E-state index contributed by atoms with van der Waals surface area (Å²) >= 11 is 0. The van der Waals surface area contributed by atoms with Crippen molar-refractivity contribution in [3.8, 4) is 12.3 Å². The predicted molar refractivity (Wildman–Crippen MR) is 109 cm³/mol. The molecule has 1 aliphatic heterocycles. The van der Waals surface area contributed by atoms with E-state index < -0.39 is 5.60 Å². The molecule has 28 heavy (non-hydrogen) atoms. The van der Waals surface area contributed by atoms with Gasteiger partial charge in [-0.25, -0.2) is 9.78 Å². The van der Waals surface area contributed by atoms with E-state index >= 15 is 0 Å². The molecular formula is C23H23N3O2. The fourth-order valence-electron chi connectivity index (χ4n) is 4.35. The van der Waals surface area contributed by atoms with Crippen LogP contribution in [0.4, 0.5) is 4.79 Å². The van der Waals surface area contributed by atoms with Crippen LogP contribution in [-0.2, 0) is 4.74 Å². The summed E-state index contributed by atoms with van der Waals surface area (Å²) in [5, 5.41) is 2.13. The first-order chi connectivity index (χ1) is 13.3. The number of likely N-dealkylation sites (tertiary alicyclic amines) is 1. The Balaban J connectivity index is 1.54. The zero-order valence-electron chi connectivity index (χ0n) is 16.3. The molecule has 1 aliphatic carbocycles. The fraction of sp³-hybridized carbons (Fsp3) is 0.391. The van der Waals surface area contributed by atoms with Crippen LogP contribution in [0.2, 0.25) is 0 Å². The van der Waals surface area contributed by atoms with Gasteiger partial charge in [0.25, 0.3) is 0 Å². The first-order valence-corrected chi connectivity index (χ1v) is 9.74. The zero-order valence-corrected chi connectivity index (χ0v) is 16.3. The molecule has 0 spiro atoms. The molecule has 0 radical (unpaired) electrons. The summed E-state index contributed by atoms with van der Waals surface area (Å²) in [7, 11) is 0. The second kappa shape index (κ2) is 5.75. The Morgan fingerprint density at radius 1 is 1.29 bits per heavy atom. The number of hydrogen-bond donors (Lipinski definition) is 1. The molecule has 5 heteroatoms. The number of H-pyrrole nitrogens is 1. The fourth-order valence-corrected chi connectivity index (χ4v) is 4.35. The summed E-state index contributed by atoms with van der Waals surface area (Å²) in [6, 6.07) is 10.3. The van der Waals surface area contributed by atoms with Crippen molar-refractivity contribution in [1.82, 2.24) is 14.9 Å². The Labute approximate surface area is 164 Å². The number of piperidine rings is 1. The van der Waals surface area contributed by atoms with E-state index in [9.17, 15) is 4.79 Å². The van der Waals surface area contributed by atoms with E-state index in [0.717, 1.165) is 46.0 Å². The maximum Gasteiger partial charge on any atom is 0.411 e. The number of carbonyl (C=O) groups is 1. The molecule has 2 aliphatic rings. The van der Waals surface area contributed by atoms with Crippen LogP contribution in [0.3, 0.4) is 0 Å². The Kier molecular flexibility index (Phi) is 3.51. The molecule has 1 amide bonds. The van der Waals surface area contributed by atoms with Crippen LogP contribution in [0, 0.1) is 18.3 Å². The lowest BCUT2D eigenvalue weighted by atomic mass is 10.1. The maximum absolute atomic E-state index is 12.8. The van der Waals surface area contributed by atoms with Crippen molar-refractivity contribution >= 4 is 27.9 Å². The highest BCUT2D eigenvalue weighted by atomic mass is 16.6. The van der Waals surface area contributed by atoms with Crippen molar-refractivity contribution < 1.29 is 9.53 Å². The van der Waals surface area contributed by atoms with Gasteiger partial charge in [-0.2, -0.15) is 0 Å². The van der Waals surface area contributed by atoms with Crippen LogP contribution in [0.15, 0.2) is 30.3 Å². The van der Waals surface area contributed by atoms with Gasteiger partial charge in [0.15, 0.2) is 0 Å². The van der Waals surface area contributed by atoms with E-state index in [0.29, 0.717) is 5.92 Å². The molecule has 1 saturated carbocycles. The molecule has 1 saturated heterocycles. The van der Waals surface area contributed by atoms with Crippen LogP contribution in [0.25, 0.3) is 21.8 Å². The number of fused-ring (bicyclic) bond motifs is 4.